The Bertz CT molecular complexity index is 910. The minimum absolute atomic E-state index is 0.0330. The molecule has 1 atom stereocenters. The molecule has 3 rings (SSSR count). The molecule has 2 aromatic rings. The van der Waals surface area contributed by atoms with E-state index in [0.717, 1.165) is 16.7 Å². The number of hydrogen-bond donors (Lipinski definition) is 2. The molecule has 1 aliphatic rings. The Labute approximate surface area is 173 Å². The summed E-state index contributed by atoms with van der Waals surface area (Å²) in [5, 5.41) is 10.2. The van der Waals surface area contributed by atoms with Crippen molar-refractivity contribution in [3.63, 3.8) is 0 Å². The first-order valence-electron chi connectivity index (χ1n) is 9.70. The van der Waals surface area contributed by atoms with Gasteiger partial charge in [-0.05, 0) is 19.3 Å². The van der Waals surface area contributed by atoms with Crippen LogP contribution >= 0.6 is 0 Å². The molecule has 1 saturated heterocycles. The zero-order valence-electron chi connectivity index (χ0n) is 16.7. The molecule has 1 fully saturated rings. The molecule has 0 unspecified atom stereocenters. The van der Waals surface area contributed by atoms with Crippen LogP contribution in [0, 0.1) is 19.4 Å². The van der Waals surface area contributed by atoms with E-state index in [-0.39, 0.29) is 18.9 Å². The van der Waals surface area contributed by atoms with Crippen molar-refractivity contribution in [1.82, 2.24) is 24.6 Å². The first-order valence-corrected chi connectivity index (χ1v) is 9.70. The summed E-state index contributed by atoms with van der Waals surface area (Å²) in [5.74, 6) is 1.35. The van der Waals surface area contributed by atoms with Gasteiger partial charge in [0.05, 0.1) is 18.3 Å². The Kier molecular flexibility index (Phi) is 7.11. The number of likely N-dealkylation sites (tertiary alicyclic amines) is 1. The third kappa shape index (κ3) is 5.85. The summed E-state index contributed by atoms with van der Waals surface area (Å²) in [6, 6.07) is 0. The van der Waals surface area contributed by atoms with Crippen LogP contribution in [0.5, 0.6) is 0 Å². The molecule has 0 saturated carbocycles. The average Bonchev–Trinajstić information content (AvgIpc) is 3.35. The molecule has 3 heterocycles. The number of hydrogen-bond acceptors (Lipinski definition) is 6. The molecule has 30 heavy (non-hydrogen) atoms. The maximum atomic E-state index is 12.4. The number of carbonyl (C=O) groups excluding carboxylic acids is 1. The van der Waals surface area contributed by atoms with E-state index in [0.29, 0.717) is 43.0 Å². The standard InChI is InChI=1S/C19H24F2N8O/c1-13-7-24-19(26-15-9-25-29(11-15)12-16(20)21)27-18(13)23-8-14-4-6-28(10-14)17(30)3-5-22-2/h7,9,11,14,16H,3-6,8,10,12H2,1H3,(H2,23,24,26,27)/t14-/m1/s1. The van der Waals surface area contributed by atoms with E-state index in [2.05, 4.69) is 30.5 Å². The topological polar surface area (TPSA) is 92.3 Å². The molecule has 11 heteroatoms. The van der Waals surface area contributed by atoms with Crippen LogP contribution in [-0.2, 0) is 11.3 Å². The van der Waals surface area contributed by atoms with Crippen molar-refractivity contribution in [3.05, 3.63) is 35.6 Å². The van der Waals surface area contributed by atoms with E-state index < -0.39 is 13.0 Å². The lowest BCUT2D eigenvalue weighted by Crippen LogP contribution is -2.30. The van der Waals surface area contributed by atoms with Gasteiger partial charge in [0.15, 0.2) is 0 Å². The third-order valence-corrected chi connectivity index (χ3v) is 4.82. The van der Waals surface area contributed by atoms with Gasteiger partial charge in [-0.15, -0.1) is 0 Å². The summed E-state index contributed by atoms with van der Waals surface area (Å²) in [7, 11) is 0. The van der Waals surface area contributed by atoms with Gasteiger partial charge in [-0.2, -0.15) is 10.1 Å². The second-order valence-corrected chi connectivity index (χ2v) is 7.20. The first kappa shape index (κ1) is 21.4. The van der Waals surface area contributed by atoms with E-state index in [1.165, 1.54) is 12.4 Å². The lowest BCUT2D eigenvalue weighted by Gasteiger charge is -2.16. The molecule has 160 valence electrons. The third-order valence-electron chi connectivity index (χ3n) is 4.82. The van der Waals surface area contributed by atoms with Crippen LogP contribution < -0.4 is 10.6 Å². The highest BCUT2D eigenvalue weighted by molar-refractivity contribution is 5.76. The Morgan fingerprint density at radius 1 is 1.43 bits per heavy atom. The monoisotopic (exact) mass is 418 g/mol. The zero-order valence-corrected chi connectivity index (χ0v) is 16.7. The van der Waals surface area contributed by atoms with Crippen LogP contribution in [0.1, 0.15) is 18.4 Å². The SMILES string of the molecule is [C-]#[N+]CCC(=O)N1CC[C@H](CNc2nc(Nc3cnn(CC(F)F)c3)ncc2C)C1. The molecule has 0 aliphatic carbocycles. The van der Waals surface area contributed by atoms with Crippen LogP contribution in [0.15, 0.2) is 18.6 Å². The molecule has 9 nitrogen and oxygen atoms in total. The van der Waals surface area contributed by atoms with Crippen molar-refractivity contribution in [3.8, 4) is 0 Å². The van der Waals surface area contributed by atoms with Crippen LogP contribution in [0.4, 0.5) is 26.2 Å². The molecule has 0 radical (unpaired) electrons. The Balaban J connectivity index is 1.54. The van der Waals surface area contributed by atoms with Gasteiger partial charge in [-0.3, -0.25) is 9.48 Å². The van der Waals surface area contributed by atoms with Gasteiger partial charge in [-0.1, -0.05) is 0 Å². The lowest BCUT2D eigenvalue weighted by molar-refractivity contribution is -0.129. The minimum atomic E-state index is -2.47. The van der Waals surface area contributed by atoms with Crippen LogP contribution in [0.2, 0.25) is 0 Å². The number of halogens is 2. The van der Waals surface area contributed by atoms with Gasteiger partial charge in [0.25, 0.3) is 6.43 Å². The molecule has 1 aliphatic heterocycles. The molecule has 2 aromatic heterocycles. The molecular formula is C19H24F2N8O. The van der Waals surface area contributed by atoms with Gasteiger partial charge in [-0.25, -0.2) is 20.3 Å². The van der Waals surface area contributed by atoms with E-state index >= 15 is 0 Å². The number of aromatic nitrogens is 4. The fraction of sp³-hybridized carbons (Fsp3) is 0.526. The van der Waals surface area contributed by atoms with E-state index in [1.807, 2.05) is 11.8 Å². The molecule has 0 spiro atoms. The summed E-state index contributed by atoms with van der Waals surface area (Å²) in [6.07, 6.45) is 3.29. The minimum Gasteiger partial charge on any atom is -0.369 e. The van der Waals surface area contributed by atoms with Crippen molar-refractivity contribution in [2.75, 3.05) is 36.8 Å². The van der Waals surface area contributed by atoms with Crippen molar-refractivity contribution in [1.29, 1.82) is 0 Å². The molecule has 0 bridgehead atoms. The summed E-state index contributed by atoms with van der Waals surface area (Å²) in [4.78, 5) is 25.8. The highest BCUT2D eigenvalue weighted by atomic mass is 19.3. The lowest BCUT2D eigenvalue weighted by atomic mass is 10.1. The predicted molar refractivity (Wildman–Crippen MR) is 108 cm³/mol. The Morgan fingerprint density at radius 3 is 3.03 bits per heavy atom. The second kappa shape index (κ2) is 9.96. The molecular weight excluding hydrogens is 394 g/mol. The smallest absolute Gasteiger partial charge is 0.257 e. The van der Waals surface area contributed by atoms with Crippen LogP contribution in [0.25, 0.3) is 4.85 Å². The van der Waals surface area contributed by atoms with E-state index in [4.69, 9.17) is 6.57 Å². The predicted octanol–water partition coefficient (Wildman–Crippen LogP) is 2.56. The number of anilines is 3. The maximum Gasteiger partial charge on any atom is 0.257 e. The maximum absolute atomic E-state index is 12.4. The number of alkyl halides is 2. The number of aryl methyl sites for hydroxylation is 1. The van der Waals surface area contributed by atoms with E-state index in [9.17, 15) is 13.6 Å². The average molecular weight is 418 g/mol. The van der Waals surface area contributed by atoms with Crippen molar-refractivity contribution in [2.45, 2.75) is 32.7 Å². The number of amides is 1. The normalized spacial score (nSPS) is 16.0. The Hall–Kier alpha value is -3.29. The highest BCUT2D eigenvalue weighted by Crippen LogP contribution is 2.20. The molecule has 2 N–H and O–H groups in total. The highest BCUT2D eigenvalue weighted by Gasteiger charge is 2.26. The number of nitrogens with one attached hydrogen (secondary N) is 2. The van der Waals surface area contributed by atoms with Crippen LogP contribution in [0.3, 0.4) is 0 Å². The van der Waals surface area contributed by atoms with E-state index in [1.54, 1.807) is 6.20 Å². The molecule has 1 amide bonds. The summed E-state index contributed by atoms with van der Waals surface area (Å²) < 4.78 is 26.0. The van der Waals surface area contributed by atoms with Crippen molar-refractivity contribution < 1.29 is 13.6 Å². The van der Waals surface area contributed by atoms with Gasteiger partial charge >= 0.3 is 0 Å². The summed E-state index contributed by atoms with van der Waals surface area (Å²) in [6.45, 7) is 10.5. The summed E-state index contributed by atoms with van der Waals surface area (Å²) >= 11 is 0. The van der Waals surface area contributed by atoms with Crippen LogP contribution in [-0.4, -0.2) is 63.2 Å². The van der Waals surface area contributed by atoms with Gasteiger partial charge in [0.2, 0.25) is 18.4 Å². The fourth-order valence-electron chi connectivity index (χ4n) is 3.26. The number of nitrogens with zero attached hydrogens (tertiary/aromatic N) is 6. The number of rotatable bonds is 9. The zero-order chi connectivity index (χ0) is 21.5. The van der Waals surface area contributed by atoms with Gasteiger partial charge in [0, 0.05) is 37.6 Å². The van der Waals surface area contributed by atoms with Gasteiger partial charge in [0.1, 0.15) is 12.4 Å². The van der Waals surface area contributed by atoms with Crippen molar-refractivity contribution >= 4 is 23.4 Å². The first-order chi connectivity index (χ1) is 14.4. The molecule has 0 aromatic carbocycles. The van der Waals surface area contributed by atoms with Crippen molar-refractivity contribution in [2.24, 2.45) is 5.92 Å². The second-order valence-electron chi connectivity index (χ2n) is 7.20. The Morgan fingerprint density at radius 2 is 2.27 bits per heavy atom. The number of carbonyl (C=O) groups is 1. The largest absolute Gasteiger partial charge is 0.369 e. The fourth-order valence-corrected chi connectivity index (χ4v) is 3.26. The summed E-state index contributed by atoms with van der Waals surface area (Å²) in [5.41, 5.74) is 1.40. The quantitative estimate of drug-likeness (QED) is 0.608. The van der Waals surface area contributed by atoms with Gasteiger partial charge < -0.3 is 20.4 Å².